The molecule has 1 rings (SSSR count). The molecule has 98 valence electrons. The molecule has 0 fully saturated rings. The van der Waals surface area contributed by atoms with Crippen LogP contribution in [0.5, 0.6) is 0 Å². The number of benzene rings is 1. The van der Waals surface area contributed by atoms with Gasteiger partial charge in [-0.2, -0.15) is 0 Å². The summed E-state index contributed by atoms with van der Waals surface area (Å²) in [5, 5.41) is 11.5. The summed E-state index contributed by atoms with van der Waals surface area (Å²) in [4.78, 5) is 22.3. The van der Waals surface area contributed by atoms with Gasteiger partial charge in [0.2, 0.25) is 5.91 Å². The fourth-order valence-electron chi connectivity index (χ4n) is 1.23. The van der Waals surface area contributed by atoms with Crippen molar-refractivity contribution in [2.24, 2.45) is 0 Å². The van der Waals surface area contributed by atoms with Crippen LogP contribution in [0.1, 0.15) is 19.4 Å². The van der Waals surface area contributed by atoms with Crippen molar-refractivity contribution in [2.75, 3.05) is 11.9 Å². The molecule has 0 spiro atoms. The van der Waals surface area contributed by atoms with Gasteiger partial charge in [0.1, 0.15) is 6.61 Å². The average Bonchev–Trinajstić information content (AvgIpc) is 2.26. The molecule has 5 heteroatoms. The standard InChI is InChI=1S/C13H17NO4/c1-9-5-4-6-10(7-9)14-11(15)8-18-13(2,3)12(16)17/h4-7H,8H2,1-3H3,(H,14,15)(H,16,17). The van der Waals surface area contributed by atoms with E-state index in [0.29, 0.717) is 5.69 Å². The van der Waals surface area contributed by atoms with Gasteiger partial charge in [-0.05, 0) is 38.5 Å². The van der Waals surface area contributed by atoms with Gasteiger partial charge in [-0.25, -0.2) is 4.79 Å². The Morgan fingerprint density at radius 1 is 1.39 bits per heavy atom. The lowest BCUT2D eigenvalue weighted by Crippen LogP contribution is -2.37. The van der Waals surface area contributed by atoms with E-state index in [0.717, 1.165) is 5.56 Å². The number of hydrogen-bond acceptors (Lipinski definition) is 3. The molecule has 0 aliphatic heterocycles. The minimum absolute atomic E-state index is 0.298. The summed E-state index contributed by atoms with van der Waals surface area (Å²) in [6.07, 6.45) is 0. The number of carbonyl (C=O) groups is 2. The molecule has 0 unspecified atom stereocenters. The second-order valence-corrected chi connectivity index (χ2v) is 4.52. The van der Waals surface area contributed by atoms with Crippen LogP contribution in [0, 0.1) is 6.92 Å². The van der Waals surface area contributed by atoms with E-state index >= 15 is 0 Å². The molecule has 5 nitrogen and oxygen atoms in total. The minimum atomic E-state index is -1.37. The van der Waals surface area contributed by atoms with Gasteiger partial charge >= 0.3 is 5.97 Å². The number of amides is 1. The first-order valence-electron chi connectivity index (χ1n) is 5.55. The van der Waals surface area contributed by atoms with Gasteiger partial charge in [0.15, 0.2) is 5.60 Å². The van der Waals surface area contributed by atoms with Crippen molar-refractivity contribution in [3.8, 4) is 0 Å². The zero-order chi connectivity index (χ0) is 13.8. The van der Waals surface area contributed by atoms with E-state index in [1.807, 2.05) is 25.1 Å². The van der Waals surface area contributed by atoms with Gasteiger partial charge in [-0.15, -0.1) is 0 Å². The van der Waals surface area contributed by atoms with E-state index in [1.54, 1.807) is 6.07 Å². The molecule has 18 heavy (non-hydrogen) atoms. The molecule has 0 atom stereocenters. The summed E-state index contributed by atoms with van der Waals surface area (Å²) in [6, 6.07) is 7.32. The normalized spacial score (nSPS) is 11.1. The molecule has 0 aromatic heterocycles. The summed E-state index contributed by atoms with van der Waals surface area (Å²) in [5.41, 5.74) is 0.320. The number of carboxylic acids is 1. The zero-order valence-corrected chi connectivity index (χ0v) is 10.7. The van der Waals surface area contributed by atoms with Crippen molar-refractivity contribution in [1.29, 1.82) is 0 Å². The van der Waals surface area contributed by atoms with Crippen LogP contribution >= 0.6 is 0 Å². The Morgan fingerprint density at radius 2 is 2.06 bits per heavy atom. The molecule has 0 bridgehead atoms. The van der Waals surface area contributed by atoms with Crippen LogP contribution in [0.3, 0.4) is 0 Å². The number of carbonyl (C=O) groups excluding carboxylic acids is 1. The number of aryl methyl sites for hydroxylation is 1. The van der Waals surface area contributed by atoms with Crippen LogP contribution < -0.4 is 5.32 Å². The van der Waals surface area contributed by atoms with Crippen molar-refractivity contribution in [2.45, 2.75) is 26.4 Å². The quantitative estimate of drug-likeness (QED) is 0.836. The third-order valence-electron chi connectivity index (χ3n) is 2.38. The van der Waals surface area contributed by atoms with E-state index < -0.39 is 11.6 Å². The summed E-state index contributed by atoms with van der Waals surface area (Å²) >= 11 is 0. The molecule has 1 aromatic rings. The number of ether oxygens (including phenoxy) is 1. The van der Waals surface area contributed by atoms with Gasteiger partial charge in [0, 0.05) is 5.69 Å². The van der Waals surface area contributed by atoms with Crippen LogP contribution in [0.2, 0.25) is 0 Å². The molecule has 0 heterocycles. The highest BCUT2D eigenvalue weighted by atomic mass is 16.5. The van der Waals surface area contributed by atoms with E-state index in [2.05, 4.69) is 5.32 Å². The predicted octanol–water partition coefficient (Wildman–Crippen LogP) is 1.81. The topological polar surface area (TPSA) is 75.6 Å². The number of aliphatic carboxylic acids is 1. The maximum Gasteiger partial charge on any atom is 0.335 e. The maximum atomic E-state index is 11.6. The van der Waals surface area contributed by atoms with E-state index in [-0.39, 0.29) is 12.5 Å². The fraction of sp³-hybridized carbons (Fsp3) is 0.385. The molecule has 1 amide bonds. The summed E-state index contributed by atoms with van der Waals surface area (Å²) in [6.45, 7) is 4.41. The average molecular weight is 251 g/mol. The molecule has 0 radical (unpaired) electrons. The van der Waals surface area contributed by atoms with E-state index in [9.17, 15) is 9.59 Å². The Hall–Kier alpha value is -1.88. The van der Waals surface area contributed by atoms with Crippen LogP contribution in [-0.2, 0) is 14.3 Å². The van der Waals surface area contributed by atoms with E-state index in [1.165, 1.54) is 13.8 Å². The van der Waals surface area contributed by atoms with Crippen molar-refractivity contribution in [3.05, 3.63) is 29.8 Å². The first-order chi connectivity index (χ1) is 8.31. The van der Waals surface area contributed by atoms with Crippen molar-refractivity contribution in [3.63, 3.8) is 0 Å². The predicted molar refractivity (Wildman–Crippen MR) is 67.5 cm³/mol. The highest BCUT2D eigenvalue weighted by Gasteiger charge is 2.28. The summed E-state index contributed by atoms with van der Waals surface area (Å²) in [7, 11) is 0. The highest BCUT2D eigenvalue weighted by molar-refractivity contribution is 5.92. The molecule has 0 aliphatic carbocycles. The fourth-order valence-corrected chi connectivity index (χ4v) is 1.23. The minimum Gasteiger partial charge on any atom is -0.479 e. The molecule has 0 aliphatic rings. The number of carboxylic acid groups (broad SMARTS) is 1. The molecular weight excluding hydrogens is 234 g/mol. The van der Waals surface area contributed by atoms with Crippen LogP contribution in [0.25, 0.3) is 0 Å². The Balaban J connectivity index is 2.50. The smallest absolute Gasteiger partial charge is 0.335 e. The molecule has 2 N–H and O–H groups in total. The van der Waals surface area contributed by atoms with Gasteiger partial charge in [0.05, 0.1) is 0 Å². The van der Waals surface area contributed by atoms with Crippen molar-refractivity contribution < 1.29 is 19.4 Å². The number of rotatable bonds is 5. The SMILES string of the molecule is Cc1cccc(NC(=O)COC(C)(C)C(=O)O)c1. The van der Waals surface area contributed by atoms with E-state index in [4.69, 9.17) is 9.84 Å². The molecule has 1 aromatic carbocycles. The van der Waals surface area contributed by atoms with Crippen LogP contribution in [-0.4, -0.2) is 29.2 Å². The first-order valence-corrected chi connectivity index (χ1v) is 5.55. The van der Waals surface area contributed by atoms with Crippen molar-refractivity contribution >= 4 is 17.6 Å². The molecular formula is C13H17NO4. The van der Waals surface area contributed by atoms with Gasteiger partial charge < -0.3 is 15.2 Å². The Labute approximate surface area is 106 Å². The summed E-state index contributed by atoms with van der Waals surface area (Å²) in [5.74, 6) is -1.49. The Morgan fingerprint density at radius 3 is 2.61 bits per heavy atom. The van der Waals surface area contributed by atoms with Crippen LogP contribution in [0.15, 0.2) is 24.3 Å². The second kappa shape index (κ2) is 5.64. The number of nitrogens with one attached hydrogen (secondary N) is 1. The van der Waals surface area contributed by atoms with Gasteiger partial charge in [0.25, 0.3) is 0 Å². The molecule has 0 saturated carbocycles. The third kappa shape index (κ3) is 4.18. The lowest BCUT2D eigenvalue weighted by Gasteiger charge is -2.19. The largest absolute Gasteiger partial charge is 0.479 e. The lowest BCUT2D eigenvalue weighted by atomic mass is 10.1. The number of hydrogen-bond donors (Lipinski definition) is 2. The summed E-state index contributed by atoms with van der Waals surface area (Å²) < 4.78 is 5.04. The second-order valence-electron chi connectivity index (χ2n) is 4.52. The highest BCUT2D eigenvalue weighted by Crippen LogP contribution is 2.11. The molecule has 0 saturated heterocycles. The van der Waals surface area contributed by atoms with Crippen LogP contribution in [0.4, 0.5) is 5.69 Å². The third-order valence-corrected chi connectivity index (χ3v) is 2.38. The first kappa shape index (κ1) is 14.2. The monoisotopic (exact) mass is 251 g/mol. The number of anilines is 1. The zero-order valence-electron chi connectivity index (χ0n) is 10.7. The van der Waals surface area contributed by atoms with Gasteiger partial charge in [-0.3, -0.25) is 4.79 Å². The van der Waals surface area contributed by atoms with Crippen molar-refractivity contribution in [1.82, 2.24) is 0 Å². The lowest BCUT2D eigenvalue weighted by molar-refractivity contribution is -0.162. The van der Waals surface area contributed by atoms with Gasteiger partial charge in [-0.1, -0.05) is 12.1 Å². The Kier molecular flexibility index (Phi) is 4.44. The Bertz CT molecular complexity index is 454. The maximum absolute atomic E-state index is 11.6.